The summed E-state index contributed by atoms with van der Waals surface area (Å²) < 4.78 is 4.90. The van der Waals surface area contributed by atoms with Gasteiger partial charge in [-0.15, -0.1) is 0 Å². The van der Waals surface area contributed by atoms with E-state index in [2.05, 4.69) is 10.6 Å². The van der Waals surface area contributed by atoms with Gasteiger partial charge >= 0.3 is 12.0 Å². The van der Waals surface area contributed by atoms with Gasteiger partial charge in [0.25, 0.3) is 5.91 Å². The van der Waals surface area contributed by atoms with E-state index in [9.17, 15) is 14.4 Å². The predicted octanol–water partition coefficient (Wildman–Crippen LogP) is -0.109. The second kappa shape index (κ2) is 6.83. The van der Waals surface area contributed by atoms with Gasteiger partial charge in [-0.3, -0.25) is 9.59 Å². The van der Waals surface area contributed by atoms with Crippen LogP contribution < -0.4 is 16.4 Å². The SMILES string of the molecule is C[C@@H](OC(=O)CCNC(N)=O)C(=O)NC(C)(C)C. The molecule has 0 unspecified atom stereocenters. The molecule has 0 fully saturated rings. The van der Waals surface area contributed by atoms with Crippen molar-refractivity contribution < 1.29 is 19.1 Å². The molecular weight excluding hydrogens is 238 g/mol. The van der Waals surface area contributed by atoms with Crippen LogP contribution in [0.1, 0.15) is 34.1 Å². The number of urea groups is 1. The van der Waals surface area contributed by atoms with Crippen LogP contribution in [0, 0.1) is 0 Å². The van der Waals surface area contributed by atoms with Gasteiger partial charge in [0.15, 0.2) is 6.10 Å². The minimum Gasteiger partial charge on any atom is -0.452 e. The van der Waals surface area contributed by atoms with E-state index in [-0.39, 0.29) is 24.4 Å². The fourth-order valence-corrected chi connectivity index (χ4v) is 1.07. The van der Waals surface area contributed by atoms with Crippen LogP contribution in [0.25, 0.3) is 0 Å². The zero-order valence-electron chi connectivity index (χ0n) is 11.2. The molecule has 0 rings (SSSR count). The van der Waals surface area contributed by atoms with E-state index in [4.69, 9.17) is 10.5 Å². The van der Waals surface area contributed by atoms with Gasteiger partial charge in [-0.25, -0.2) is 4.79 Å². The van der Waals surface area contributed by atoms with Gasteiger partial charge in [-0.2, -0.15) is 0 Å². The van der Waals surface area contributed by atoms with Crippen LogP contribution in [0.2, 0.25) is 0 Å². The number of primary amides is 1. The summed E-state index contributed by atoms with van der Waals surface area (Å²) in [4.78, 5) is 33.3. The molecule has 4 N–H and O–H groups in total. The summed E-state index contributed by atoms with van der Waals surface area (Å²) in [6.45, 7) is 7.06. The lowest BCUT2D eigenvalue weighted by atomic mass is 10.1. The van der Waals surface area contributed by atoms with Gasteiger partial charge in [0.05, 0.1) is 6.42 Å². The molecule has 0 aromatic heterocycles. The summed E-state index contributed by atoms with van der Waals surface area (Å²) in [5.74, 6) is -0.931. The molecule has 7 heteroatoms. The first-order chi connectivity index (χ1) is 8.11. The van der Waals surface area contributed by atoms with Crippen molar-refractivity contribution in [3.63, 3.8) is 0 Å². The van der Waals surface area contributed by atoms with Crippen molar-refractivity contribution in [2.45, 2.75) is 45.8 Å². The molecule has 0 heterocycles. The Hall–Kier alpha value is -1.79. The molecule has 0 saturated carbocycles. The van der Waals surface area contributed by atoms with E-state index in [0.29, 0.717) is 0 Å². The van der Waals surface area contributed by atoms with Crippen molar-refractivity contribution in [1.82, 2.24) is 10.6 Å². The first kappa shape index (κ1) is 16.2. The first-order valence-corrected chi connectivity index (χ1v) is 5.66. The smallest absolute Gasteiger partial charge is 0.312 e. The van der Waals surface area contributed by atoms with Crippen molar-refractivity contribution >= 4 is 17.9 Å². The van der Waals surface area contributed by atoms with Gasteiger partial charge in [-0.1, -0.05) is 0 Å². The second-order valence-corrected chi connectivity index (χ2v) is 4.91. The lowest BCUT2D eigenvalue weighted by Gasteiger charge is -2.23. The molecule has 18 heavy (non-hydrogen) atoms. The molecule has 0 radical (unpaired) electrons. The highest BCUT2D eigenvalue weighted by Gasteiger charge is 2.22. The molecule has 0 bridgehead atoms. The average molecular weight is 259 g/mol. The molecule has 3 amide bonds. The van der Waals surface area contributed by atoms with Crippen LogP contribution in [-0.2, 0) is 14.3 Å². The van der Waals surface area contributed by atoms with Crippen molar-refractivity contribution in [1.29, 1.82) is 0 Å². The number of hydrogen-bond donors (Lipinski definition) is 3. The van der Waals surface area contributed by atoms with Crippen LogP contribution >= 0.6 is 0 Å². The first-order valence-electron chi connectivity index (χ1n) is 5.66. The topological polar surface area (TPSA) is 111 Å². The number of amides is 3. The summed E-state index contributed by atoms with van der Waals surface area (Å²) in [5, 5.41) is 4.95. The third kappa shape index (κ3) is 8.37. The maximum absolute atomic E-state index is 11.6. The fourth-order valence-electron chi connectivity index (χ4n) is 1.07. The molecule has 0 aliphatic heterocycles. The summed E-state index contributed by atoms with van der Waals surface area (Å²) in [5.41, 5.74) is 4.45. The Morgan fingerprint density at radius 3 is 2.28 bits per heavy atom. The van der Waals surface area contributed by atoms with Gasteiger partial charge in [0.1, 0.15) is 0 Å². The highest BCUT2D eigenvalue weighted by molar-refractivity contribution is 5.84. The monoisotopic (exact) mass is 259 g/mol. The molecule has 104 valence electrons. The molecule has 0 aromatic carbocycles. The maximum atomic E-state index is 11.6. The molecule has 0 aliphatic carbocycles. The van der Waals surface area contributed by atoms with E-state index < -0.39 is 18.1 Å². The van der Waals surface area contributed by atoms with Crippen LogP contribution in [0.5, 0.6) is 0 Å². The fraction of sp³-hybridized carbons (Fsp3) is 0.727. The van der Waals surface area contributed by atoms with Gasteiger partial charge in [-0.05, 0) is 27.7 Å². The molecule has 0 aliphatic rings. The van der Waals surface area contributed by atoms with Gasteiger partial charge in [0, 0.05) is 12.1 Å². The minimum absolute atomic E-state index is 0.0317. The standard InChI is InChI=1S/C11H21N3O4/c1-7(9(16)14-11(2,3)4)18-8(15)5-6-13-10(12)17/h7H,5-6H2,1-4H3,(H,14,16)(H3,12,13,17)/t7-/m1/s1. The number of hydrogen-bond acceptors (Lipinski definition) is 4. The van der Waals surface area contributed by atoms with E-state index in [1.807, 2.05) is 20.8 Å². The Morgan fingerprint density at radius 2 is 1.83 bits per heavy atom. The number of nitrogens with one attached hydrogen (secondary N) is 2. The number of ether oxygens (including phenoxy) is 1. The second-order valence-electron chi connectivity index (χ2n) is 4.91. The average Bonchev–Trinajstić information content (AvgIpc) is 2.13. The summed E-state index contributed by atoms with van der Waals surface area (Å²) in [6.07, 6.45) is -0.902. The summed E-state index contributed by atoms with van der Waals surface area (Å²) >= 11 is 0. The molecule has 0 aromatic rings. The Morgan fingerprint density at radius 1 is 1.28 bits per heavy atom. The highest BCUT2D eigenvalue weighted by atomic mass is 16.5. The van der Waals surface area contributed by atoms with Crippen molar-refractivity contribution in [2.24, 2.45) is 5.73 Å². The number of carbonyl (C=O) groups excluding carboxylic acids is 3. The molecule has 0 spiro atoms. The number of carbonyl (C=O) groups is 3. The van der Waals surface area contributed by atoms with Gasteiger partial charge in [0.2, 0.25) is 0 Å². The zero-order chi connectivity index (χ0) is 14.3. The summed E-state index contributed by atoms with van der Waals surface area (Å²) in [6, 6.07) is -0.707. The third-order valence-corrected chi connectivity index (χ3v) is 1.80. The van der Waals surface area contributed by atoms with Crippen LogP contribution in [0.15, 0.2) is 0 Å². The Labute approximate surface area is 106 Å². The highest BCUT2D eigenvalue weighted by Crippen LogP contribution is 2.02. The van der Waals surface area contributed by atoms with E-state index in [1.165, 1.54) is 6.92 Å². The van der Waals surface area contributed by atoms with E-state index in [1.54, 1.807) is 0 Å². The largest absolute Gasteiger partial charge is 0.452 e. The van der Waals surface area contributed by atoms with Crippen LogP contribution in [0.3, 0.4) is 0 Å². The van der Waals surface area contributed by atoms with Crippen molar-refractivity contribution in [2.75, 3.05) is 6.54 Å². The normalized spacial score (nSPS) is 12.4. The van der Waals surface area contributed by atoms with Crippen LogP contribution in [-0.4, -0.2) is 36.1 Å². The number of esters is 1. The van der Waals surface area contributed by atoms with E-state index in [0.717, 1.165) is 0 Å². The van der Waals surface area contributed by atoms with Gasteiger partial charge < -0.3 is 21.1 Å². The minimum atomic E-state index is -0.870. The molecule has 1 atom stereocenters. The quantitative estimate of drug-likeness (QED) is 0.598. The summed E-state index contributed by atoms with van der Waals surface area (Å²) in [7, 11) is 0. The Balaban J connectivity index is 4.00. The number of rotatable bonds is 5. The molecular formula is C11H21N3O4. The molecule has 0 saturated heterocycles. The maximum Gasteiger partial charge on any atom is 0.312 e. The third-order valence-electron chi connectivity index (χ3n) is 1.80. The Kier molecular flexibility index (Phi) is 6.15. The van der Waals surface area contributed by atoms with Crippen LogP contribution in [0.4, 0.5) is 4.79 Å². The predicted molar refractivity (Wildman–Crippen MR) is 65.7 cm³/mol. The van der Waals surface area contributed by atoms with Crippen molar-refractivity contribution in [3.05, 3.63) is 0 Å². The lowest BCUT2D eigenvalue weighted by molar-refractivity contribution is -0.155. The van der Waals surface area contributed by atoms with Crippen molar-refractivity contribution in [3.8, 4) is 0 Å². The zero-order valence-corrected chi connectivity index (χ0v) is 11.2. The Bertz CT molecular complexity index is 323. The van der Waals surface area contributed by atoms with E-state index >= 15 is 0 Å². The lowest BCUT2D eigenvalue weighted by Crippen LogP contribution is -2.46. The molecule has 7 nitrogen and oxygen atoms in total. The number of nitrogens with two attached hydrogens (primary N) is 1.